The molecule has 3 aliphatic rings. The van der Waals surface area contributed by atoms with Gasteiger partial charge < -0.3 is 14.4 Å². The van der Waals surface area contributed by atoms with Crippen molar-refractivity contribution in [2.75, 3.05) is 37.1 Å². The number of anilines is 1. The fourth-order valence-corrected chi connectivity index (χ4v) is 7.07. The topological polar surface area (TPSA) is 76.9 Å². The molecule has 6 rings (SSSR count). The van der Waals surface area contributed by atoms with Crippen LogP contribution in [0.4, 0.5) is 5.82 Å². The van der Waals surface area contributed by atoms with Crippen LogP contribution in [0.2, 0.25) is 5.02 Å². The van der Waals surface area contributed by atoms with Gasteiger partial charge in [-0.1, -0.05) is 51.4 Å². The Bertz CT molecular complexity index is 1490. The Balaban J connectivity index is 1.53. The summed E-state index contributed by atoms with van der Waals surface area (Å²) in [4.78, 5) is 31.2. The van der Waals surface area contributed by atoms with Gasteiger partial charge in [0.1, 0.15) is 12.4 Å². The molecule has 0 spiro atoms. The van der Waals surface area contributed by atoms with Gasteiger partial charge in [-0.3, -0.25) is 14.5 Å². The molecule has 8 nitrogen and oxygen atoms in total. The van der Waals surface area contributed by atoms with Crippen LogP contribution in [0.5, 0.6) is 11.5 Å². The Morgan fingerprint density at radius 1 is 1.10 bits per heavy atom. The number of carbonyl (C=O) groups is 2. The molecule has 0 aliphatic carbocycles. The van der Waals surface area contributed by atoms with Crippen molar-refractivity contribution in [2.24, 2.45) is 5.92 Å². The predicted octanol–water partition coefficient (Wildman–Crippen LogP) is 5.98. The van der Waals surface area contributed by atoms with Crippen LogP contribution < -0.4 is 14.4 Å². The van der Waals surface area contributed by atoms with Crippen molar-refractivity contribution in [2.45, 2.75) is 51.2 Å². The molecular weight excluding hydrogens is 560 g/mol. The lowest BCUT2D eigenvalue weighted by Gasteiger charge is -2.32. The summed E-state index contributed by atoms with van der Waals surface area (Å²) in [5.74, 6) is 2.66. The van der Waals surface area contributed by atoms with Crippen molar-refractivity contribution in [3.63, 3.8) is 0 Å². The van der Waals surface area contributed by atoms with E-state index < -0.39 is 0 Å². The van der Waals surface area contributed by atoms with Gasteiger partial charge in [0.15, 0.2) is 11.5 Å². The molecule has 1 aromatic heterocycles. The number of nitrogens with zero attached hydrogens (tertiary/aromatic N) is 4. The van der Waals surface area contributed by atoms with Gasteiger partial charge in [0.05, 0.1) is 22.4 Å². The van der Waals surface area contributed by atoms with E-state index in [9.17, 15) is 9.59 Å². The Labute approximate surface area is 249 Å². The van der Waals surface area contributed by atoms with E-state index in [1.165, 1.54) is 0 Å². The van der Waals surface area contributed by atoms with Crippen LogP contribution in [0.3, 0.4) is 0 Å². The third-order valence-corrected chi connectivity index (χ3v) is 9.47. The normalized spacial score (nSPS) is 19.3. The van der Waals surface area contributed by atoms with Crippen LogP contribution in [-0.2, 0) is 15.0 Å². The summed E-state index contributed by atoms with van der Waals surface area (Å²) in [5, 5.41) is 5.49. The lowest BCUT2D eigenvalue weighted by atomic mass is 9.87. The second kappa shape index (κ2) is 10.9. The fourth-order valence-electron chi connectivity index (χ4n) is 5.69. The summed E-state index contributed by atoms with van der Waals surface area (Å²) in [6, 6.07) is 13.4. The lowest BCUT2D eigenvalue weighted by Crippen LogP contribution is -2.46. The number of ether oxygens (including phenoxy) is 2. The molecule has 0 saturated carbocycles. The van der Waals surface area contributed by atoms with E-state index in [-0.39, 0.29) is 41.6 Å². The third kappa shape index (κ3) is 5.42. The van der Waals surface area contributed by atoms with Crippen LogP contribution in [0.25, 0.3) is 5.69 Å². The highest BCUT2D eigenvalue weighted by Gasteiger charge is 2.41. The molecule has 216 valence electrons. The van der Waals surface area contributed by atoms with Crippen molar-refractivity contribution in [1.82, 2.24) is 14.7 Å². The van der Waals surface area contributed by atoms with E-state index in [0.717, 1.165) is 35.3 Å². The quantitative estimate of drug-likeness (QED) is 0.370. The average molecular weight is 595 g/mol. The molecule has 1 saturated heterocycles. The van der Waals surface area contributed by atoms with Crippen molar-refractivity contribution in [3.05, 3.63) is 64.3 Å². The molecule has 41 heavy (non-hydrogen) atoms. The molecule has 0 unspecified atom stereocenters. The van der Waals surface area contributed by atoms with E-state index in [2.05, 4.69) is 27.7 Å². The minimum absolute atomic E-state index is 0.0372. The molecule has 0 radical (unpaired) electrons. The number of amides is 2. The zero-order chi connectivity index (χ0) is 28.9. The molecule has 3 aliphatic heterocycles. The van der Waals surface area contributed by atoms with Crippen molar-refractivity contribution in [3.8, 4) is 17.2 Å². The number of aromatic nitrogens is 2. The Hall–Kier alpha value is -3.17. The molecule has 2 amide bonds. The summed E-state index contributed by atoms with van der Waals surface area (Å²) in [6.45, 7) is 10.2. The zero-order valence-corrected chi connectivity index (χ0v) is 25.4. The summed E-state index contributed by atoms with van der Waals surface area (Å²) in [6.07, 6.45) is 1.95. The molecule has 1 fully saturated rings. The largest absolute Gasteiger partial charge is 0.454 e. The van der Waals surface area contributed by atoms with E-state index in [4.69, 9.17) is 26.2 Å². The first kappa shape index (κ1) is 28.0. The van der Waals surface area contributed by atoms with Crippen LogP contribution in [0.15, 0.2) is 42.5 Å². The highest BCUT2D eigenvalue weighted by molar-refractivity contribution is 8.00. The summed E-state index contributed by atoms with van der Waals surface area (Å²) >= 11 is 7.99. The Morgan fingerprint density at radius 3 is 2.59 bits per heavy atom. The molecule has 2 aromatic carbocycles. The van der Waals surface area contributed by atoms with Gasteiger partial charge in [-0.25, -0.2) is 4.68 Å². The maximum absolute atomic E-state index is 13.9. The van der Waals surface area contributed by atoms with Crippen LogP contribution in [0.1, 0.15) is 62.6 Å². The van der Waals surface area contributed by atoms with Crippen LogP contribution >= 0.6 is 23.4 Å². The SMILES string of the molecule is CC1CCN(C(=O)CN2C(=O)CS[C@@H](c3ccc4c(c3)OCO4)c3c(C(C)(C)C)nn(-c4cccc(Cl)c4)c32)CC1. The van der Waals surface area contributed by atoms with Gasteiger partial charge in [0, 0.05) is 29.1 Å². The van der Waals surface area contributed by atoms with Crippen molar-refractivity contribution in [1.29, 1.82) is 0 Å². The number of rotatable bonds is 4. The van der Waals surface area contributed by atoms with E-state index >= 15 is 0 Å². The third-order valence-electron chi connectivity index (χ3n) is 7.98. The number of thioether (sulfide) groups is 1. The first-order chi connectivity index (χ1) is 19.6. The number of fused-ring (bicyclic) bond motifs is 2. The highest BCUT2D eigenvalue weighted by Crippen LogP contribution is 2.50. The number of benzene rings is 2. The monoisotopic (exact) mass is 594 g/mol. The summed E-state index contributed by atoms with van der Waals surface area (Å²) in [5.41, 5.74) is 3.16. The summed E-state index contributed by atoms with van der Waals surface area (Å²) < 4.78 is 13.1. The molecule has 3 aromatic rings. The highest BCUT2D eigenvalue weighted by atomic mass is 35.5. The second-order valence-electron chi connectivity index (χ2n) is 12.1. The number of hydrogen-bond donors (Lipinski definition) is 0. The maximum atomic E-state index is 13.9. The van der Waals surface area contributed by atoms with E-state index in [1.54, 1.807) is 21.3 Å². The number of carbonyl (C=O) groups excluding carboxylic acids is 2. The Kier molecular flexibility index (Phi) is 7.44. The number of hydrogen-bond acceptors (Lipinski definition) is 6. The second-order valence-corrected chi connectivity index (χ2v) is 13.6. The lowest BCUT2D eigenvalue weighted by molar-refractivity contribution is -0.132. The maximum Gasteiger partial charge on any atom is 0.242 e. The predicted molar refractivity (Wildman–Crippen MR) is 161 cm³/mol. The molecule has 0 bridgehead atoms. The van der Waals surface area contributed by atoms with E-state index in [1.807, 2.05) is 47.4 Å². The minimum atomic E-state index is -0.352. The first-order valence-electron chi connectivity index (χ1n) is 14.1. The van der Waals surface area contributed by atoms with E-state index in [0.29, 0.717) is 41.3 Å². The first-order valence-corrected chi connectivity index (χ1v) is 15.5. The average Bonchev–Trinajstić information content (AvgIpc) is 3.54. The van der Waals surface area contributed by atoms with Crippen LogP contribution in [0, 0.1) is 5.92 Å². The summed E-state index contributed by atoms with van der Waals surface area (Å²) in [7, 11) is 0. The smallest absolute Gasteiger partial charge is 0.242 e. The number of halogens is 1. The molecular formula is C31H35ClN4O4S. The molecule has 0 N–H and O–H groups in total. The van der Waals surface area contributed by atoms with Gasteiger partial charge in [-0.15, -0.1) is 11.8 Å². The van der Waals surface area contributed by atoms with Crippen LogP contribution in [-0.4, -0.2) is 58.7 Å². The van der Waals surface area contributed by atoms with Gasteiger partial charge in [0.2, 0.25) is 18.6 Å². The standard InChI is InChI=1S/C31H35ClN4O4S/c1-19-10-12-34(13-11-19)25(37)16-35-26(38)17-41-28(20-8-9-23-24(14-20)40-18-39-23)27-29(31(2,3)4)33-36(30(27)35)22-7-5-6-21(32)15-22/h5-9,14-15,19,28H,10-13,16-18H2,1-4H3/t28-/m0/s1. The van der Waals surface area contributed by atoms with Gasteiger partial charge in [0.25, 0.3) is 0 Å². The van der Waals surface area contributed by atoms with Gasteiger partial charge >= 0.3 is 0 Å². The Morgan fingerprint density at radius 2 is 1.85 bits per heavy atom. The fraction of sp³-hybridized carbons (Fsp3) is 0.452. The molecule has 10 heteroatoms. The zero-order valence-electron chi connectivity index (χ0n) is 23.9. The molecule has 1 atom stereocenters. The number of likely N-dealkylation sites (tertiary alicyclic amines) is 1. The van der Waals surface area contributed by atoms with Crippen molar-refractivity contribution < 1.29 is 19.1 Å². The van der Waals surface area contributed by atoms with Crippen molar-refractivity contribution >= 4 is 41.0 Å². The van der Waals surface area contributed by atoms with Gasteiger partial charge in [-0.2, -0.15) is 5.10 Å². The number of piperidine rings is 1. The molecule has 4 heterocycles. The minimum Gasteiger partial charge on any atom is -0.454 e. The van der Waals surface area contributed by atoms with Gasteiger partial charge in [-0.05, 0) is 54.7 Å².